The molecule has 1 aromatic carbocycles. The average molecular weight is 271 g/mol. The molecule has 0 aliphatic carbocycles. The van der Waals surface area contributed by atoms with Crippen LogP contribution in [-0.4, -0.2) is 5.91 Å². The van der Waals surface area contributed by atoms with Gasteiger partial charge in [-0.05, 0) is 62.2 Å². The third-order valence-corrected chi connectivity index (χ3v) is 3.62. The Labute approximate surface area is 117 Å². The highest BCUT2D eigenvalue weighted by Crippen LogP contribution is 2.17. The Balaban J connectivity index is 2.03. The van der Waals surface area contributed by atoms with Crippen molar-refractivity contribution in [3.63, 3.8) is 0 Å². The molecular weight excluding hydrogens is 254 g/mol. The lowest BCUT2D eigenvalue weighted by Crippen LogP contribution is -2.07. The Kier molecular flexibility index (Phi) is 4.17. The van der Waals surface area contributed by atoms with Crippen molar-refractivity contribution in [3.8, 4) is 0 Å². The predicted molar refractivity (Wildman–Crippen MR) is 82.6 cm³/mol. The molecule has 2 nitrogen and oxygen atoms in total. The second-order valence-electron chi connectivity index (χ2n) is 4.65. The summed E-state index contributed by atoms with van der Waals surface area (Å²) in [6, 6.07) is 10.1. The number of nitrogens with one attached hydrogen (secondary N) is 1. The number of carbonyl (C=O) groups is 1. The predicted octanol–water partition coefficient (Wildman–Crippen LogP) is 4.33. The summed E-state index contributed by atoms with van der Waals surface area (Å²) in [6.45, 7) is 6.09. The smallest absolute Gasteiger partial charge is 0.248 e. The third-order valence-electron chi connectivity index (χ3n) is 2.65. The van der Waals surface area contributed by atoms with Crippen LogP contribution in [0.3, 0.4) is 0 Å². The van der Waals surface area contributed by atoms with E-state index >= 15 is 0 Å². The van der Waals surface area contributed by atoms with Gasteiger partial charge >= 0.3 is 0 Å². The fraction of sp³-hybridized carbons (Fsp3) is 0.188. The van der Waals surface area contributed by atoms with E-state index in [1.54, 1.807) is 17.4 Å². The zero-order chi connectivity index (χ0) is 13.8. The molecule has 0 fully saturated rings. The van der Waals surface area contributed by atoms with Crippen molar-refractivity contribution < 1.29 is 4.79 Å². The molecule has 0 bridgehead atoms. The Morgan fingerprint density at radius 3 is 2.37 bits per heavy atom. The fourth-order valence-corrected chi connectivity index (χ4v) is 2.71. The monoisotopic (exact) mass is 271 g/mol. The van der Waals surface area contributed by atoms with E-state index in [0.29, 0.717) is 0 Å². The molecule has 2 aromatic rings. The number of amides is 1. The van der Waals surface area contributed by atoms with Gasteiger partial charge < -0.3 is 5.32 Å². The highest BCUT2D eigenvalue weighted by atomic mass is 32.1. The second-order valence-corrected chi connectivity index (χ2v) is 5.97. The lowest BCUT2D eigenvalue weighted by atomic mass is 10.1. The van der Waals surface area contributed by atoms with Crippen LogP contribution in [0.5, 0.6) is 0 Å². The number of aryl methyl sites for hydroxylation is 3. The van der Waals surface area contributed by atoms with Crippen molar-refractivity contribution in [2.45, 2.75) is 20.8 Å². The molecule has 0 saturated carbocycles. The molecule has 0 aliphatic rings. The molecule has 2 rings (SSSR count). The van der Waals surface area contributed by atoms with E-state index in [1.165, 1.54) is 4.88 Å². The van der Waals surface area contributed by atoms with Crippen LogP contribution in [0.25, 0.3) is 6.08 Å². The molecule has 1 N–H and O–H groups in total. The van der Waals surface area contributed by atoms with Gasteiger partial charge in [-0.25, -0.2) is 0 Å². The Morgan fingerprint density at radius 1 is 1.11 bits per heavy atom. The topological polar surface area (TPSA) is 29.1 Å². The first-order valence-electron chi connectivity index (χ1n) is 6.17. The fourth-order valence-electron chi connectivity index (χ4n) is 1.93. The summed E-state index contributed by atoms with van der Waals surface area (Å²) in [7, 11) is 0. The minimum absolute atomic E-state index is 0.101. The average Bonchev–Trinajstić information content (AvgIpc) is 2.71. The first-order valence-corrected chi connectivity index (χ1v) is 6.98. The number of benzene rings is 1. The van der Waals surface area contributed by atoms with Gasteiger partial charge in [0, 0.05) is 21.5 Å². The summed E-state index contributed by atoms with van der Waals surface area (Å²) in [4.78, 5) is 14.2. The molecule has 3 heteroatoms. The lowest BCUT2D eigenvalue weighted by molar-refractivity contribution is -0.111. The number of thiophene rings is 1. The Hall–Kier alpha value is -1.87. The number of carbonyl (C=O) groups excluding carboxylic acids is 1. The quantitative estimate of drug-likeness (QED) is 0.827. The molecule has 1 aromatic heterocycles. The SMILES string of the molecule is Cc1cc(C)cc(NC(=O)/C=C/c2ccc(C)s2)c1. The molecule has 0 unspecified atom stereocenters. The number of hydrogen-bond acceptors (Lipinski definition) is 2. The molecule has 0 aliphatic heterocycles. The lowest BCUT2D eigenvalue weighted by Gasteiger charge is -2.05. The van der Waals surface area contributed by atoms with Gasteiger partial charge in [0.25, 0.3) is 0 Å². The molecule has 1 amide bonds. The van der Waals surface area contributed by atoms with Crippen LogP contribution in [0, 0.1) is 20.8 Å². The first kappa shape index (κ1) is 13.6. The van der Waals surface area contributed by atoms with Crippen LogP contribution in [0.15, 0.2) is 36.4 Å². The maximum absolute atomic E-state index is 11.8. The summed E-state index contributed by atoms with van der Waals surface area (Å²) >= 11 is 1.67. The van der Waals surface area contributed by atoms with Crippen LogP contribution in [0.1, 0.15) is 20.9 Å². The molecule has 0 saturated heterocycles. The van der Waals surface area contributed by atoms with Crippen LogP contribution in [0.4, 0.5) is 5.69 Å². The van der Waals surface area contributed by atoms with Gasteiger partial charge in [0.05, 0.1) is 0 Å². The largest absolute Gasteiger partial charge is 0.322 e. The summed E-state index contributed by atoms with van der Waals surface area (Å²) in [5.41, 5.74) is 3.14. The molecular formula is C16H17NOS. The summed E-state index contributed by atoms with van der Waals surface area (Å²) < 4.78 is 0. The normalized spacial score (nSPS) is 10.9. The van der Waals surface area contributed by atoms with Gasteiger partial charge in [-0.2, -0.15) is 0 Å². The van der Waals surface area contributed by atoms with Gasteiger partial charge in [-0.3, -0.25) is 4.79 Å². The zero-order valence-electron chi connectivity index (χ0n) is 11.4. The maximum atomic E-state index is 11.8. The molecule has 98 valence electrons. The zero-order valence-corrected chi connectivity index (χ0v) is 12.2. The van der Waals surface area contributed by atoms with Crippen LogP contribution in [-0.2, 0) is 4.79 Å². The van der Waals surface area contributed by atoms with Gasteiger partial charge in [0.1, 0.15) is 0 Å². The van der Waals surface area contributed by atoms with Crippen molar-refractivity contribution in [3.05, 3.63) is 57.3 Å². The Morgan fingerprint density at radius 2 is 1.79 bits per heavy atom. The Bertz CT molecular complexity index is 605. The van der Waals surface area contributed by atoms with E-state index in [4.69, 9.17) is 0 Å². The van der Waals surface area contributed by atoms with E-state index in [9.17, 15) is 4.79 Å². The minimum Gasteiger partial charge on any atom is -0.322 e. The van der Waals surface area contributed by atoms with E-state index in [0.717, 1.165) is 21.7 Å². The van der Waals surface area contributed by atoms with Crippen LogP contribution < -0.4 is 5.32 Å². The first-order chi connectivity index (χ1) is 9.02. The standard InChI is InChI=1S/C16H17NOS/c1-11-8-12(2)10-14(9-11)17-16(18)7-6-15-5-4-13(3)19-15/h4-10H,1-3H3,(H,17,18)/b7-6+. The summed E-state index contributed by atoms with van der Waals surface area (Å²) in [6.07, 6.45) is 3.42. The van der Waals surface area contributed by atoms with Crippen molar-refractivity contribution in [2.75, 3.05) is 5.32 Å². The molecule has 19 heavy (non-hydrogen) atoms. The second kappa shape index (κ2) is 5.85. The van der Waals surface area contributed by atoms with Gasteiger partial charge in [-0.1, -0.05) is 6.07 Å². The van der Waals surface area contributed by atoms with Gasteiger partial charge in [0.2, 0.25) is 5.91 Å². The van der Waals surface area contributed by atoms with E-state index in [2.05, 4.69) is 18.3 Å². The number of hydrogen-bond donors (Lipinski definition) is 1. The van der Waals surface area contributed by atoms with Crippen molar-refractivity contribution in [1.29, 1.82) is 0 Å². The van der Waals surface area contributed by atoms with E-state index in [-0.39, 0.29) is 5.91 Å². The third kappa shape index (κ3) is 4.07. The highest BCUT2D eigenvalue weighted by Gasteiger charge is 2.00. The molecule has 1 heterocycles. The van der Waals surface area contributed by atoms with E-state index < -0.39 is 0 Å². The van der Waals surface area contributed by atoms with Crippen molar-refractivity contribution >= 4 is 29.0 Å². The number of anilines is 1. The van der Waals surface area contributed by atoms with Crippen molar-refractivity contribution in [2.24, 2.45) is 0 Å². The molecule has 0 radical (unpaired) electrons. The van der Waals surface area contributed by atoms with Crippen LogP contribution in [0.2, 0.25) is 0 Å². The molecule has 0 spiro atoms. The molecule has 0 atom stereocenters. The number of rotatable bonds is 3. The maximum Gasteiger partial charge on any atom is 0.248 e. The van der Waals surface area contributed by atoms with Gasteiger partial charge in [0.15, 0.2) is 0 Å². The highest BCUT2D eigenvalue weighted by molar-refractivity contribution is 7.12. The van der Waals surface area contributed by atoms with Crippen molar-refractivity contribution in [1.82, 2.24) is 0 Å². The van der Waals surface area contributed by atoms with E-state index in [1.807, 2.05) is 44.2 Å². The summed E-state index contributed by atoms with van der Waals surface area (Å²) in [5.74, 6) is -0.101. The minimum atomic E-state index is -0.101. The summed E-state index contributed by atoms with van der Waals surface area (Å²) in [5, 5.41) is 2.88. The van der Waals surface area contributed by atoms with Gasteiger partial charge in [-0.15, -0.1) is 11.3 Å². The van der Waals surface area contributed by atoms with Crippen LogP contribution >= 0.6 is 11.3 Å².